The van der Waals surface area contributed by atoms with E-state index in [1.165, 1.54) is 18.7 Å². The van der Waals surface area contributed by atoms with Crippen molar-refractivity contribution in [2.75, 3.05) is 20.3 Å². The summed E-state index contributed by atoms with van der Waals surface area (Å²) in [5.41, 5.74) is 0.819. The fourth-order valence-corrected chi connectivity index (χ4v) is 8.13. The first-order chi connectivity index (χ1) is 10.4. The van der Waals surface area contributed by atoms with Crippen LogP contribution in [0.1, 0.15) is 19.3 Å². The second-order valence-electron chi connectivity index (χ2n) is 8.36. The summed E-state index contributed by atoms with van der Waals surface area (Å²) in [6, 6.07) is 0. The van der Waals surface area contributed by atoms with E-state index in [0.29, 0.717) is 17.8 Å². The van der Waals surface area contributed by atoms with Gasteiger partial charge in [-0.25, -0.2) is 4.79 Å². The van der Waals surface area contributed by atoms with Gasteiger partial charge in [0.1, 0.15) is 0 Å². The second kappa shape index (κ2) is 4.68. The summed E-state index contributed by atoms with van der Waals surface area (Å²) in [4.78, 5) is 12.4. The predicted molar refractivity (Wildman–Crippen MR) is 85.1 cm³/mol. The summed E-state index contributed by atoms with van der Waals surface area (Å²) >= 11 is 0. The highest BCUT2D eigenvalue weighted by molar-refractivity contribution is 6.83. The van der Waals surface area contributed by atoms with E-state index in [-0.39, 0.29) is 17.7 Å². The normalized spacial score (nSPS) is 43.3. The summed E-state index contributed by atoms with van der Waals surface area (Å²) in [6.07, 6.45) is 3.12. The number of methoxy groups -OCH3 is 1. The van der Waals surface area contributed by atoms with Crippen molar-refractivity contribution in [1.82, 2.24) is 0 Å². The van der Waals surface area contributed by atoms with Crippen LogP contribution in [0.25, 0.3) is 0 Å². The Morgan fingerprint density at radius 2 is 2.09 bits per heavy atom. The topological polar surface area (TPSA) is 44.8 Å². The second-order valence-corrected chi connectivity index (χ2v) is 13.4. The van der Waals surface area contributed by atoms with Crippen LogP contribution >= 0.6 is 0 Å². The van der Waals surface area contributed by atoms with Crippen molar-refractivity contribution in [3.8, 4) is 0 Å². The molecule has 0 aromatic rings. The largest absolute Gasteiger partial charge is 0.466 e. The van der Waals surface area contributed by atoms with E-state index in [9.17, 15) is 4.79 Å². The van der Waals surface area contributed by atoms with Crippen LogP contribution in [0.4, 0.5) is 0 Å². The van der Waals surface area contributed by atoms with Gasteiger partial charge < -0.3 is 14.2 Å². The molecular weight excluding hydrogens is 296 g/mol. The molecule has 122 valence electrons. The molecule has 0 aromatic heterocycles. The van der Waals surface area contributed by atoms with Gasteiger partial charge >= 0.3 is 5.97 Å². The smallest absolute Gasteiger partial charge is 0.335 e. The standard InChI is InChI=1S/C17H26O4Si/c1-19-16(18)13-12-8-10-7-11-9-20-6-5-17(11,21-12)14(10)15(13)22(2,3)4/h10-12,14H,5-9H2,1-4H3/t10-,11+,12+,14-,17-/m0/s1. The molecular formula is C17H26O4Si. The maximum atomic E-state index is 12.4. The van der Waals surface area contributed by atoms with Gasteiger partial charge in [-0.2, -0.15) is 0 Å². The third-order valence-corrected chi connectivity index (χ3v) is 8.44. The summed E-state index contributed by atoms with van der Waals surface area (Å²) in [7, 11) is -0.130. The molecule has 2 saturated heterocycles. The Morgan fingerprint density at radius 3 is 2.77 bits per heavy atom. The molecule has 4 nitrogen and oxygen atoms in total. The molecule has 0 amide bonds. The minimum Gasteiger partial charge on any atom is -0.466 e. The van der Waals surface area contributed by atoms with Gasteiger partial charge in [0.2, 0.25) is 0 Å². The monoisotopic (exact) mass is 322 g/mol. The highest BCUT2D eigenvalue weighted by atomic mass is 28.3. The summed E-state index contributed by atoms with van der Waals surface area (Å²) < 4.78 is 17.5. The SMILES string of the molecule is COC(=O)C1=C([Si](C)(C)C)[C@@H]2[C@H]3C[C@@H]4COCC[C@]42O[C@@H]1C3. The van der Waals surface area contributed by atoms with Gasteiger partial charge in [0.15, 0.2) is 0 Å². The van der Waals surface area contributed by atoms with Crippen molar-refractivity contribution in [2.45, 2.75) is 50.6 Å². The predicted octanol–water partition coefficient (Wildman–Crippen LogP) is 2.55. The molecule has 0 aromatic carbocycles. The fraction of sp³-hybridized carbons (Fsp3) is 0.824. The Bertz CT molecular complexity index is 549. The molecule has 3 fully saturated rings. The maximum absolute atomic E-state index is 12.4. The van der Waals surface area contributed by atoms with Gasteiger partial charge in [0, 0.05) is 24.9 Å². The minimum absolute atomic E-state index is 0.0488. The fourth-order valence-electron chi connectivity index (χ4n) is 5.65. The van der Waals surface area contributed by atoms with Crippen LogP contribution in [0, 0.1) is 17.8 Å². The van der Waals surface area contributed by atoms with Crippen molar-refractivity contribution in [1.29, 1.82) is 0 Å². The molecule has 5 atom stereocenters. The Hall–Kier alpha value is -0.653. The third kappa shape index (κ3) is 1.79. The van der Waals surface area contributed by atoms with E-state index in [4.69, 9.17) is 14.2 Å². The number of hydrogen-bond acceptors (Lipinski definition) is 4. The van der Waals surface area contributed by atoms with Gasteiger partial charge in [-0.1, -0.05) is 24.8 Å². The van der Waals surface area contributed by atoms with Crippen molar-refractivity contribution >= 4 is 14.0 Å². The van der Waals surface area contributed by atoms with E-state index in [1.807, 2.05) is 0 Å². The van der Waals surface area contributed by atoms with Crippen LogP contribution in [-0.2, 0) is 19.0 Å². The molecule has 22 heavy (non-hydrogen) atoms. The maximum Gasteiger partial charge on any atom is 0.335 e. The van der Waals surface area contributed by atoms with Crippen LogP contribution in [0.2, 0.25) is 19.6 Å². The minimum atomic E-state index is -1.62. The number of carbonyl (C=O) groups excluding carboxylic acids is 1. The molecule has 0 unspecified atom stereocenters. The Kier molecular flexibility index (Phi) is 3.17. The van der Waals surface area contributed by atoms with E-state index in [1.54, 1.807) is 0 Å². The molecule has 3 aliphatic heterocycles. The average molecular weight is 322 g/mol. The Balaban J connectivity index is 1.88. The molecule has 1 spiro atoms. The van der Waals surface area contributed by atoms with E-state index < -0.39 is 8.07 Å². The molecule has 2 aliphatic carbocycles. The number of hydrogen-bond donors (Lipinski definition) is 0. The lowest BCUT2D eigenvalue weighted by molar-refractivity contribution is -0.200. The zero-order valence-corrected chi connectivity index (χ0v) is 15.0. The average Bonchev–Trinajstić information content (AvgIpc) is 2.69. The van der Waals surface area contributed by atoms with E-state index in [2.05, 4.69) is 19.6 Å². The molecule has 0 radical (unpaired) electrons. The quantitative estimate of drug-likeness (QED) is 0.579. The van der Waals surface area contributed by atoms with E-state index >= 15 is 0 Å². The molecule has 3 heterocycles. The number of carbonyl (C=O) groups is 1. The molecule has 0 N–H and O–H groups in total. The zero-order valence-electron chi connectivity index (χ0n) is 14.0. The zero-order chi connectivity index (χ0) is 15.7. The van der Waals surface area contributed by atoms with Gasteiger partial charge in [-0.05, 0) is 18.8 Å². The van der Waals surface area contributed by atoms with Gasteiger partial charge in [-0.3, -0.25) is 0 Å². The van der Waals surface area contributed by atoms with Crippen LogP contribution in [0.15, 0.2) is 10.8 Å². The molecule has 1 saturated carbocycles. The summed E-state index contributed by atoms with van der Waals surface area (Å²) in [6.45, 7) is 8.69. The lowest BCUT2D eigenvalue weighted by Crippen LogP contribution is -2.61. The summed E-state index contributed by atoms with van der Waals surface area (Å²) in [5.74, 6) is 1.44. The Labute approximate surface area is 133 Å². The molecule has 5 heteroatoms. The van der Waals surface area contributed by atoms with Crippen LogP contribution < -0.4 is 0 Å². The van der Waals surface area contributed by atoms with Crippen molar-refractivity contribution in [2.24, 2.45) is 17.8 Å². The van der Waals surface area contributed by atoms with Crippen molar-refractivity contribution in [3.63, 3.8) is 0 Å². The first kappa shape index (κ1) is 14.9. The van der Waals surface area contributed by atoms with Crippen LogP contribution in [0.3, 0.4) is 0 Å². The molecule has 4 bridgehead atoms. The van der Waals surface area contributed by atoms with Crippen molar-refractivity contribution in [3.05, 3.63) is 10.8 Å². The first-order valence-electron chi connectivity index (χ1n) is 8.47. The number of esters is 1. The lowest BCUT2D eigenvalue weighted by Gasteiger charge is -2.56. The van der Waals surface area contributed by atoms with Gasteiger partial charge in [0.05, 0.1) is 39.1 Å². The first-order valence-corrected chi connectivity index (χ1v) is 12.0. The Morgan fingerprint density at radius 1 is 1.32 bits per heavy atom. The van der Waals surface area contributed by atoms with Crippen LogP contribution in [0.5, 0.6) is 0 Å². The lowest BCUT2D eigenvalue weighted by atomic mass is 9.69. The highest BCUT2D eigenvalue weighted by Crippen LogP contribution is 2.64. The van der Waals surface area contributed by atoms with Gasteiger partial charge in [-0.15, -0.1) is 0 Å². The summed E-state index contributed by atoms with van der Waals surface area (Å²) in [5, 5.41) is 1.44. The van der Waals surface area contributed by atoms with E-state index in [0.717, 1.165) is 31.6 Å². The molecule has 5 rings (SSSR count). The highest BCUT2D eigenvalue weighted by Gasteiger charge is 2.67. The third-order valence-electron chi connectivity index (χ3n) is 6.25. The van der Waals surface area contributed by atoms with Crippen LogP contribution in [-0.4, -0.2) is 46.1 Å². The van der Waals surface area contributed by atoms with Crippen molar-refractivity contribution < 1.29 is 19.0 Å². The number of rotatable bonds is 2. The number of ether oxygens (including phenoxy) is 3. The van der Waals surface area contributed by atoms with Gasteiger partial charge in [0.25, 0.3) is 0 Å². The molecule has 5 aliphatic rings.